The van der Waals surface area contributed by atoms with Gasteiger partial charge in [0.15, 0.2) is 0 Å². The van der Waals surface area contributed by atoms with E-state index in [9.17, 15) is 0 Å². The molecule has 0 radical (unpaired) electrons. The molecule has 0 saturated heterocycles. The van der Waals surface area contributed by atoms with Crippen molar-refractivity contribution in [2.24, 2.45) is 0 Å². The van der Waals surface area contributed by atoms with Gasteiger partial charge in [0.05, 0.1) is 0 Å². The molecule has 0 heterocycles. The van der Waals surface area contributed by atoms with Gasteiger partial charge in [-0.15, -0.1) is 0 Å². The van der Waals surface area contributed by atoms with Crippen LogP contribution in [0, 0.1) is 0 Å². The summed E-state index contributed by atoms with van der Waals surface area (Å²) in [6.45, 7) is 9.63. The zero-order chi connectivity index (χ0) is 13.1. The van der Waals surface area contributed by atoms with Crippen LogP contribution in [-0.4, -0.2) is 36.4 Å². The minimum atomic E-state index is 0.595. The molecule has 0 aromatic heterocycles. The monoisotopic (exact) mass is 302 g/mol. The molecule has 1 unspecified atom stereocenters. The van der Waals surface area contributed by atoms with Crippen molar-refractivity contribution in [1.82, 2.24) is 10.2 Å². The Morgan fingerprint density at radius 3 is 2.65 bits per heavy atom. The number of alkyl halides is 1. The fraction of sp³-hybridized carbons (Fsp3) is 0.714. The highest BCUT2D eigenvalue weighted by Crippen LogP contribution is 2.12. The van der Waals surface area contributed by atoms with Crippen LogP contribution in [0.5, 0.6) is 0 Å². The van der Waals surface area contributed by atoms with Crippen LogP contribution in [-0.2, 0) is 0 Å². The van der Waals surface area contributed by atoms with Crippen LogP contribution in [0.25, 0.3) is 0 Å². The van der Waals surface area contributed by atoms with Gasteiger partial charge in [-0.2, -0.15) is 0 Å². The van der Waals surface area contributed by atoms with E-state index in [0.29, 0.717) is 4.83 Å². The summed E-state index contributed by atoms with van der Waals surface area (Å²) < 4.78 is 0. The van der Waals surface area contributed by atoms with Gasteiger partial charge in [-0.3, -0.25) is 0 Å². The first kappa shape index (κ1) is 16.7. The summed E-state index contributed by atoms with van der Waals surface area (Å²) in [7, 11) is 2.00. The molecular formula is C14H27BrN2. The van der Waals surface area contributed by atoms with E-state index in [-0.39, 0.29) is 0 Å². The average molecular weight is 303 g/mol. The van der Waals surface area contributed by atoms with Gasteiger partial charge in [0.25, 0.3) is 0 Å². The third-order valence-electron chi connectivity index (χ3n) is 2.63. The Hall–Kier alpha value is -0.280. The summed E-state index contributed by atoms with van der Waals surface area (Å²) in [6.07, 6.45) is 8.98. The highest BCUT2D eigenvalue weighted by Gasteiger charge is 2.04. The van der Waals surface area contributed by atoms with Gasteiger partial charge in [0.1, 0.15) is 0 Å². The number of hydrogen-bond donors (Lipinski definition) is 1. The molecule has 100 valence electrons. The van der Waals surface area contributed by atoms with Crippen molar-refractivity contribution in [1.29, 1.82) is 0 Å². The van der Waals surface area contributed by atoms with Gasteiger partial charge < -0.3 is 10.2 Å². The molecule has 2 nitrogen and oxygen atoms in total. The number of halogens is 1. The zero-order valence-corrected chi connectivity index (χ0v) is 13.3. The van der Waals surface area contributed by atoms with Crippen molar-refractivity contribution in [3.63, 3.8) is 0 Å². The molecule has 0 aliphatic carbocycles. The van der Waals surface area contributed by atoms with E-state index in [1.165, 1.54) is 12.1 Å². The predicted molar refractivity (Wildman–Crippen MR) is 81.7 cm³/mol. The van der Waals surface area contributed by atoms with Crippen LogP contribution in [0.1, 0.15) is 33.6 Å². The summed E-state index contributed by atoms with van der Waals surface area (Å²) in [5.41, 5.74) is 1.35. The Bertz CT molecular complexity index is 234. The van der Waals surface area contributed by atoms with E-state index in [1.54, 1.807) is 0 Å². The lowest BCUT2D eigenvalue weighted by Gasteiger charge is -2.24. The Labute approximate surface area is 115 Å². The van der Waals surface area contributed by atoms with Crippen LogP contribution in [0.2, 0.25) is 0 Å². The van der Waals surface area contributed by atoms with E-state index in [4.69, 9.17) is 0 Å². The molecule has 1 N–H and O–H groups in total. The van der Waals surface area contributed by atoms with Crippen LogP contribution in [0.4, 0.5) is 0 Å². The fourth-order valence-corrected chi connectivity index (χ4v) is 1.92. The van der Waals surface area contributed by atoms with Crippen molar-refractivity contribution >= 4 is 15.9 Å². The number of hydrogen-bond acceptors (Lipinski definition) is 2. The molecule has 1 atom stereocenters. The third-order valence-corrected chi connectivity index (χ3v) is 3.09. The highest BCUT2D eigenvalue weighted by atomic mass is 79.9. The predicted octanol–water partition coefficient (Wildman–Crippen LogP) is 3.55. The molecule has 0 fully saturated rings. The zero-order valence-electron chi connectivity index (χ0n) is 11.7. The lowest BCUT2D eigenvalue weighted by atomic mass is 10.2. The van der Waals surface area contributed by atoms with Gasteiger partial charge >= 0.3 is 0 Å². The van der Waals surface area contributed by atoms with E-state index in [2.05, 4.69) is 65.1 Å². The van der Waals surface area contributed by atoms with Crippen molar-refractivity contribution in [2.45, 2.75) is 38.4 Å². The smallest absolute Gasteiger partial charge is 0.0322 e. The van der Waals surface area contributed by atoms with Gasteiger partial charge in [-0.05, 0) is 39.8 Å². The minimum absolute atomic E-state index is 0.595. The van der Waals surface area contributed by atoms with E-state index in [1.807, 2.05) is 7.05 Å². The van der Waals surface area contributed by atoms with Crippen LogP contribution in [0.3, 0.4) is 0 Å². The third kappa shape index (κ3) is 8.44. The van der Waals surface area contributed by atoms with Crippen molar-refractivity contribution in [3.8, 4) is 0 Å². The van der Waals surface area contributed by atoms with Crippen molar-refractivity contribution < 1.29 is 0 Å². The minimum Gasteiger partial charge on any atom is -0.371 e. The maximum atomic E-state index is 3.59. The Balaban J connectivity index is 4.44. The lowest BCUT2D eigenvalue weighted by molar-refractivity contribution is 0.371. The van der Waals surface area contributed by atoms with Crippen LogP contribution >= 0.6 is 15.9 Å². The Morgan fingerprint density at radius 2 is 2.18 bits per heavy atom. The normalized spacial score (nSPS) is 14.3. The summed E-state index contributed by atoms with van der Waals surface area (Å²) in [4.78, 5) is 3.01. The van der Waals surface area contributed by atoms with Crippen molar-refractivity contribution in [3.05, 3.63) is 23.9 Å². The summed E-state index contributed by atoms with van der Waals surface area (Å²) >= 11 is 3.59. The second-order valence-electron chi connectivity index (χ2n) is 4.17. The average Bonchev–Trinajstić information content (AvgIpc) is 2.29. The van der Waals surface area contributed by atoms with Crippen molar-refractivity contribution in [2.75, 3.05) is 26.7 Å². The van der Waals surface area contributed by atoms with Crippen LogP contribution < -0.4 is 5.32 Å². The number of allylic oxidation sites excluding steroid dienone is 3. The van der Waals surface area contributed by atoms with Gasteiger partial charge in [0, 0.05) is 30.2 Å². The Kier molecular flexibility index (Phi) is 10.7. The number of nitrogens with one attached hydrogen (secondary N) is 1. The standard InChI is InChI=1S/C14H27BrN2/c1-5-8-14(10-7-9-13(3)15)17(6-2)12-11-16-4/h5,8,10,13,16H,6-7,9,11-12H2,1-4H3/b8-5-,14-10?. The first-order valence-electron chi connectivity index (χ1n) is 6.52. The van der Waals surface area contributed by atoms with E-state index >= 15 is 0 Å². The summed E-state index contributed by atoms with van der Waals surface area (Å²) in [5, 5.41) is 3.20. The maximum absolute atomic E-state index is 3.59. The van der Waals surface area contributed by atoms with Crippen LogP contribution in [0.15, 0.2) is 23.9 Å². The fourth-order valence-electron chi connectivity index (χ4n) is 1.65. The molecule has 0 rings (SSSR count). The van der Waals surface area contributed by atoms with Gasteiger partial charge in [0.2, 0.25) is 0 Å². The maximum Gasteiger partial charge on any atom is 0.0322 e. The summed E-state index contributed by atoms with van der Waals surface area (Å²) in [5.74, 6) is 0. The number of likely N-dealkylation sites (N-methyl/N-ethyl adjacent to an activating group) is 2. The Morgan fingerprint density at radius 1 is 1.47 bits per heavy atom. The van der Waals surface area contributed by atoms with Gasteiger partial charge in [-0.1, -0.05) is 35.0 Å². The molecule has 3 heteroatoms. The molecule has 0 spiro atoms. The van der Waals surface area contributed by atoms with E-state index in [0.717, 1.165) is 26.1 Å². The van der Waals surface area contributed by atoms with E-state index < -0.39 is 0 Å². The van der Waals surface area contributed by atoms with Gasteiger partial charge in [-0.25, -0.2) is 0 Å². The molecule has 0 aliphatic heterocycles. The molecule has 0 aliphatic rings. The largest absolute Gasteiger partial charge is 0.371 e. The first-order chi connectivity index (χ1) is 8.15. The second-order valence-corrected chi connectivity index (χ2v) is 5.73. The SMILES string of the molecule is C/C=C\C(=CCCC(C)Br)N(CC)CCNC. The molecule has 0 bridgehead atoms. The first-order valence-corrected chi connectivity index (χ1v) is 7.43. The summed E-state index contributed by atoms with van der Waals surface area (Å²) in [6, 6.07) is 0. The number of rotatable bonds is 9. The highest BCUT2D eigenvalue weighted by molar-refractivity contribution is 9.09. The molecule has 0 aromatic rings. The second kappa shape index (κ2) is 10.8. The lowest BCUT2D eigenvalue weighted by Crippen LogP contribution is -2.29. The molecule has 0 amide bonds. The molecule has 17 heavy (non-hydrogen) atoms. The molecule has 0 aromatic carbocycles. The molecular weight excluding hydrogens is 276 g/mol. The topological polar surface area (TPSA) is 15.3 Å². The quantitative estimate of drug-likeness (QED) is 0.517. The molecule has 0 saturated carbocycles. The number of nitrogens with zero attached hydrogens (tertiary/aromatic N) is 1.